The predicted octanol–water partition coefficient (Wildman–Crippen LogP) is 5.85. The third kappa shape index (κ3) is 5.45. The zero-order chi connectivity index (χ0) is 17.2. The second-order valence-electron chi connectivity index (χ2n) is 6.21. The average Bonchev–Trinajstić information content (AvgIpc) is 2.64. The van der Waals surface area contributed by atoms with Gasteiger partial charge in [0.2, 0.25) is 0 Å². The summed E-state index contributed by atoms with van der Waals surface area (Å²) in [6.07, 6.45) is 7.67. The fourth-order valence-corrected chi connectivity index (χ4v) is 2.77. The summed E-state index contributed by atoms with van der Waals surface area (Å²) >= 11 is 0. The van der Waals surface area contributed by atoms with Crippen molar-refractivity contribution in [2.24, 2.45) is 0 Å². The number of carbonyl (C=O) groups is 2. The van der Waals surface area contributed by atoms with Crippen LogP contribution in [0.4, 0.5) is 0 Å². The van der Waals surface area contributed by atoms with Crippen molar-refractivity contribution in [3.05, 3.63) is 71.3 Å². The zero-order valence-corrected chi connectivity index (χ0v) is 14.5. The van der Waals surface area contributed by atoms with E-state index in [1.54, 1.807) is 36.4 Å². The number of hydrogen-bond donors (Lipinski definition) is 0. The molecule has 2 nitrogen and oxygen atoms in total. The number of carbonyl (C=O) groups excluding carboxylic acids is 2. The number of hydrogen-bond acceptors (Lipinski definition) is 2. The molecule has 2 rings (SSSR count). The van der Waals surface area contributed by atoms with Crippen LogP contribution in [0, 0.1) is 0 Å². The number of rotatable bonds is 10. The monoisotopic (exact) mass is 322 g/mol. The van der Waals surface area contributed by atoms with E-state index in [0.29, 0.717) is 23.1 Å². The molecule has 0 saturated heterocycles. The Morgan fingerprint density at radius 2 is 1.21 bits per heavy atom. The third-order valence-corrected chi connectivity index (χ3v) is 4.26. The summed E-state index contributed by atoms with van der Waals surface area (Å²) in [5.74, 6) is 0.162. The molecular formula is C22H26O2. The van der Waals surface area contributed by atoms with Crippen LogP contribution in [0.25, 0.3) is 0 Å². The molecule has 2 aromatic carbocycles. The quantitative estimate of drug-likeness (QED) is 0.406. The molecule has 0 unspecified atom stereocenters. The lowest BCUT2D eigenvalue weighted by molar-refractivity contribution is 0.0977. The summed E-state index contributed by atoms with van der Waals surface area (Å²) < 4.78 is 0. The molecule has 2 aromatic rings. The number of Topliss-reactive ketones (excluding diaryl/α,β-unsaturated/α-hetero) is 1. The minimum Gasteiger partial charge on any atom is -0.294 e. The molecular weight excluding hydrogens is 296 g/mol. The van der Waals surface area contributed by atoms with Gasteiger partial charge < -0.3 is 0 Å². The van der Waals surface area contributed by atoms with Gasteiger partial charge in [-0.2, -0.15) is 0 Å². The summed E-state index contributed by atoms with van der Waals surface area (Å²) in [7, 11) is 0. The smallest absolute Gasteiger partial charge is 0.193 e. The fraction of sp³-hybridized carbons (Fsp3) is 0.364. The molecule has 0 aliphatic heterocycles. The van der Waals surface area contributed by atoms with Gasteiger partial charge in [0.15, 0.2) is 11.6 Å². The van der Waals surface area contributed by atoms with Gasteiger partial charge in [-0.1, -0.05) is 93.6 Å². The zero-order valence-electron chi connectivity index (χ0n) is 14.5. The standard InChI is InChI=1S/C22H26O2/c1-2-3-4-5-6-10-13-21(23)18-14-16-20(17-15-18)22(24)19-11-8-7-9-12-19/h7-9,11-12,14-17H,2-6,10,13H2,1H3. The van der Waals surface area contributed by atoms with E-state index in [4.69, 9.17) is 0 Å². The molecule has 0 spiro atoms. The van der Waals surface area contributed by atoms with Gasteiger partial charge in [-0.25, -0.2) is 0 Å². The van der Waals surface area contributed by atoms with Gasteiger partial charge in [0, 0.05) is 23.1 Å². The molecule has 24 heavy (non-hydrogen) atoms. The van der Waals surface area contributed by atoms with Crippen LogP contribution in [0.15, 0.2) is 54.6 Å². The highest BCUT2D eigenvalue weighted by Crippen LogP contribution is 2.14. The fourth-order valence-electron chi connectivity index (χ4n) is 2.77. The van der Waals surface area contributed by atoms with Crippen LogP contribution in [-0.4, -0.2) is 11.6 Å². The van der Waals surface area contributed by atoms with E-state index in [0.717, 1.165) is 12.8 Å². The van der Waals surface area contributed by atoms with Gasteiger partial charge in [-0.3, -0.25) is 9.59 Å². The van der Waals surface area contributed by atoms with E-state index in [9.17, 15) is 9.59 Å². The summed E-state index contributed by atoms with van der Waals surface area (Å²) in [5.41, 5.74) is 1.99. The van der Waals surface area contributed by atoms with Gasteiger partial charge in [0.25, 0.3) is 0 Å². The molecule has 0 atom stereocenters. The van der Waals surface area contributed by atoms with Crippen molar-refractivity contribution >= 4 is 11.6 Å². The largest absolute Gasteiger partial charge is 0.294 e. The molecule has 0 aliphatic rings. The van der Waals surface area contributed by atoms with Crippen molar-refractivity contribution in [1.29, 1.82) is 0 Å². The topological polar surface area (TPSA) is 34.1 Å². The maximum Gasteiger partial charge on any atom is 0.193 e. The van der Waals surface area contributed by atoms with E-state index in [-0.39, 0.29) is 11.6 Å². The van der Waals surface area contributed by atoms with Crippen LogP contribution in [0.5, 0.6) is 0 Å². The highest BCUT2D eigenvalue weighted by atomic mass is 16.1. The highest BCUT2D eigenvalue weighted by Gasteiger charge is 2.10. The summed E-state index contributed by atoms with van der Waals surface area (Å²) in [5, 5.41) is 0. The third-order valence-electron chi connectivity index (χ3n) is 4.26. The second kappa shape index (κ2) is 9.82. The van der Waals surface area contributed by atoms with Gasteiger partial charge in [0.1, 0.15) is 0 Å². The molecule has 0 aromatic heterocycles. The molecule has 2 heteroatoms. The van der Waals surface area contributed by atoms with Crippen LogP contribution in [-0.2, 0) is 0 Å². The minimum atomic E-state index is -0.00877. The molecule has 0 heterocycles. The van der Waals surface area contributed by atoms with Crippen molar-refractivity contribution < 1.29 is 9.59 Å². The Labute approximate surface area is 144 Å². The average molecular weight is 322 g/mol. The van der Waals surface area contributed by atoms with E-state index in [1.807, 2.05) is 18.2 Å². The maximum atomic E-state index is 12.3. The number of unbranched alkanes of at least 4 members (excludes halogenated alkanes) is 5. The molecule has 126 valence electrons. The molecule has 0 aliphatic carbocycles. The Balaban J connectivity index is 1.85. The van der Waals surface area contributed by atoms with Crippen LogP contribution in [0.2, 0.25) is 0 Å². The first-order valence-electron chi connectivity index (χ1n) is 8.95. The molecule has 0 fully saturated rings. The van der Waals surface area contributed by atoms with E-state index < -0.39 is 0 Å². The van der Waals surface area contributed by atoms with Crippen LogP contribution >= 0.6 is 0 Å². The van der Waals surface area contributed by atoms with Gasteiger partial charge >= 0.3 is 0 Å². The van der Waals surface area contributed by atoms with Crippen molar-refractivity contribution in [2.45, 2.75) is 51.9 Å². The number of benzene rings is 2. The Bertz CT molecular complexity index is 641. The van der Waals surface area contributed by atoms with Crippen molar-refractivity contribution in [3.63, 3.8) is 0 Å². The maximum absolute atomic E-state index is 12.3. The first-order chi connectivity index (χ1) is 11.7. The lowest BCUT2D eigenvalue weighted by Crippen LogP contribution is -2.03. The summed E-state index contributed by atoms with van der Waals surface area (Å²) in [6, 6.07) is 16.3. The Morgan fingerprint density at radius 3 is 1.88 bits per heavy atom. The lowest BCUT2D eigenvalue weighted by Gasteiger charge is -2.04. The van der Waals surface area contributed by atoms with Gasteiger partial charge in [0.05, 0.1) is 0 Å². The molecule has 0 bridgehead atoms. The molecule has 0 radical (unpaired) electrons. The van der Waals surface area contributed by atoms with Crippen molar-refractivity contribution in [1.82, 2.24) is 0 Å². The second-order valence-corrected chi connectivity index (χ2v) is 6.21. The van der Waals surface area contributed by atoms with E-state index in [2.05, 4.69) is 6.92 Å². The SMILES string of the molecule is CCCCCCCCC(=O)c1ccc(C(=O)c2ccccc2)cc1. The Morgan fingerprint density at radius 1 is 0.667 bits per heavy atom. The van der Waals surface area contributed by atoms with E-state index >= 15 is 0 Å². The Hall–Kier alpha value is -2.22. The first-order valence-corrected chi connectivity index (χ1v) is 8.95. The van der Waals surface area contributed by atoms with Crippen molar-refractivity contribution in [3.8, 4) is 0 Å². The van der Waals surface area contributed by atoms with Gasteiger partial charge in [-0.15, -0.1) is 0 Å². The first kappa shape index (κ1) is 18.1. The predicted molar refractivity (Wildman–Crippen MR) is 98.6 cm³/mol. The molecule has 0 N–H and O–H groups in total. The molecule has 0 amide bonds. The van der Waals surface area contributed by atoms with Crippen molar-refractivity contribution in [2.75, 3.05) is 0 Å². The van der Waals surface area contributed by atoms with E-state index in [1.165, 1.54) is 25.7 Å². The summed E-state index contributed by atoms with van der Waals surface area (Å²) in [4.78, 5) is 24.5. The van der Waals surface area contributed by atoms with Crippen LogP contribution < -0.4 is 0 Å². The van der Waals surface area contributed by atoms with Crippen LogP contribution in [0.3, 0.4) is 0 Å². The molecule has 0 saturated carbocycles. The van der Waals surface area contributed by atoms with Gasteiger partial charge in [-0.05, 0) is 6.42 Å². The highest BCUT2D eigenvalue weighted by molar-refractivity contribution is 6.09. The minimum absolute atomic E-state index is 0.00877. The summed E-state index contributed by atoms with van der Waals surface area (Å²) in [6.45, 7) is 2.20. The number of ketones is 2. The van der Waals surface area contributed by atoms with Crippen LogP contribution in [0.1, 0.15) is 78.1 Å². The lowest BCUT2D eigenvalue weighted by atomic mass is 9.99. The normalized spacial score (nSPS) is 10.5. The Kier molecular flexibility index (Phi) is 7.41.